The number of aromatic nitrogens is 1. The number of fused-ring (bicyclic) bond motifs is 1. The molecule has 1 N–H and O–H groups in total. The first-order chi connectivity index (χ1) is 18.6. The fraction of sp³-hybridized carbons (Fsp3) is 0.0625. The molecule has 186 valence electrons. The van der Waals surface area contributed by atoms with Crippen molar-refractivity contribution >= 4 is 40.1 Å². The maximum absolute atomic E-state index is 13.4. The number of hydrogen-bond acceptors (Lipinski definition) is 4. The van der Waals surface area contributed by atoms with Gasteiger partial charge in [0, 0.05) is 10.9 Å². The van der Waals surface area contributed by atoms with Gasteiger partial charge in [0.25, 0.3) is 5.91 Å². The van der Waals surface area contributed by atoms with E-state index in [4.69, 9.17) is 0 Å². The number of pyridine rings is 1. The highest BCUT2D eigenvalue weighted by Crippen LogP contribution is 2.21. The molecule has 0 saturated heterocycles. The van der Waals surface area contributed by atoms with E-state index in [9.17, 15) is 14.4 Å². The van der Waals surface area contributed by atoms with Crippen LogP contribution < -0.4 is 10.2 Å². The average molecular weight is 500 g/mol. The maximum atomic E-state index is 13.4. The lowest BCUT2D eigenvalue weighted by Crippen LogP contribution is -2.39. The average Bonchev–Trinajstić information content (AvgIpc) is 2.94. The highest BCUT2D eigenvalue weighted by atomic mass is 16.2. The van der Waals surface area contributed by atoms with Crippen LogP contribution in [0.2, 0.25) is 0 Å². The van der Waals surface area contributed by atoms with Gasteiger partial charge in [-0.25, -0.2) is 9.88 Å². The van der Waals surface area contributed by atoms with E-state index < -0.39 is 0 Å². The number of imide groups is 1. The van der Waals surface area contributed by atoms with Crippen molar-refractivity contribution in [3.05, 3.63) is 138 Å². The van der Waals surface area contributed by atoms with Crippen molar-refractivity contribution < 1.29 is 14.4 Å². The number of amides is 3. The molecule has 6 nitrogen and oxygen atoms in total. The largest absolute Gasteiger partial charge is 0.307 e. The van der Waals surface area contributed by atoms with Gasteiger partial charge in [-0.1, -0.05) is 84.9 Å². The van der Waals surface area contributed by atoms with Gasteiger partial charge in [-0.15, -0.1) is 0 Å². The molecule has 3 amide bonds. The van der Waals surface area contributed by atoms with Crippen molar-refractivity contribution in [3.8, 4) is 0 Å². The van der Waals surface area contributed by atoms with Gasteiger partial charge >= 0.3 is 0 Å². The molecule has 1 aromatic heterocycles. The van der Waals surface area contributed by atoms with E-state index in [1.54, 1.807) is 30.3 Å². The summed E-state index contributed by atoms with van der Waals surface area (Å²) in [6.07, 6.45) is 0.109. The van der Waals surface area contributed by atoms with E-state index in [1.807, 2.05) is 91.0 Å². The molecule has 1 heterocycles. The second-order valence-electron chi connectivity index (χ2n) is 8.84. The number of nitrogens with one attached hydrogen (secondary N) is 1. The normalized spacial score (nSPS) is 10.6. The fourth-order valence-corrected chi connectivity index (χ4v) is 4.24. The predicted molar refractivity (Wildman–Crippen MR) is 149 cm³/mol. The van der Waals surface area contributed by atoms with Gasteiger partial charge in [0.2, 0.25) is 11.8 Å². The van der Waals surface area contributed by atoms with E-state index in [-0.39, 0.29) is 30.6 Å². The zero-order chi connectivity index (χ0) is 26.3. The SMILES string of the molecule is O=C(Nc1ccc2ccccc2n1)c1cccc(N(C(=O)Cc2ccccc2)C(=O)Cc2ccccc2)c1. The zero-order valence-electron chi connectivity index (χ0n) is 20.6. The zero-order valence-corrected chi connectivity index (χ0v) is 20.6. The van der Waals surface area contributed by atoms with Crippen LogP contribution >= 0.6 is 0 Å². The van der Waals surface area contributed by atoms with E-state index in [1.165, 1.54) is 4.90 Å². The third-order valence-corrected chi connectivity index (χ3v) is 6.10. The Balaban J connectivity index is 1.42. The minimum atomic E-state index is -0.388. The van der Waals surface area contributed by atoms with Crippen molar-refractivity contribution in [3.63, 3.8) is 0 Å². The lowest BCUT2D eigenvalue weighted by atomic mass is 10.1. The van der Waals surface area contributed by atoms with Crippen LogP contribution in [0.25, 0.3) is 10.9 Å². The van der Waals surface area contributed by atoms with E-state index >= 15 is 0 Å². The van der Waals surface area contributed by atoms with Crippen LogP contribution in [0.15, 0.2) is 121 Å². The number of rotatable bonds is 7. The Morgan fingerprint density at radius 3 is 1.89 bits per heavy atom. The Morgan fingerprint density at radius 2 is 1.24 bits per heavy atom. The molecule has 0 spiro atoms. The maximum Gasteiger partial charge on any atom is 0.256 e. The van der Waals surface area contributed by atoms with Gasteiger partial charge in [-0.05, 0) is 47.5 Å². The Hall–Kier alpha value is -5.10. The molecule has 0 aliphatic heterocycles. The molecule has 0 radical (unpaired) electrons. The molecule has 38 heavy (non-hydrogen) atoms. The minimum absolute atomic E-state index is 0.0544. The molecular formula is C32H25N3O3. The van der Waals surface area contributed by atoms with Crippen LogP contribution in [0.5, 0.6) is 0 Å². The first kappa shape index (κ1) is 24.6. The molecule has 5 aromatic rings. The standard InChI is InChI=1S/C32H25N3O3/c36-30(20-23-10-3-1-4-11-23)35(31(37)21-24-12-5-2-6-13-24)27-16-9-15-26(22-27)32(38)34-29-19-18-25-14-7-8-17-28(25)33-29/h1-19,22H,20-21H2,(H,33,34,38). The number of para-hydroxylation sites is 1. The number of carbonyl (C=O) groups excluding carboxylic acids is 3. The summed E-state index contributed by atoms with van der Waals surface area (Å²) < 4.78 is 0. The smallest absolute Gasteiger partial charge is 0.256 e. The first-order valence-electron chi connectivity index (χ1n) is 12.3. The Morgan fingerprint density at radius 1 is 0.632 bits per heavy atom. The van der Waals surface area contributed by atoms with Gasteiger partial charge < -0.3 is 5.32 Å². The number of hydrogen-bond donors (Lipinski definition) is 1. The summed E-state index contributed by atoms with van der Waals surface area (Å²) >= 11 is 0. The summed E-state index contributed by atoms with van der Waals surface area (Å²) in [5.74, 6) is -0.714. The van der Waals surface area contributed by atoms with Crippen LogP contribution in [-0.4, -0.2) is 22.7 Å². The van der Waals surface area contributed by atoms with Crippen molar-refractivity contribution in [2.45, 2.75) is 12.8 Å². The molecule has 0 atom stereocenters. The predicted octanol–water partition coefficient (Wildman–Crippen LogP) is 5.83. The lowest BCUT2D eigenvalue weighted by Gasteiger charge is -2.22. The third kappa shape index (κ3) is 5.82. The van der Waals surface area contributed by atoms with Crippen LogP contribution in [0.3, 0.4) is 0 Å². The van der Waals surface area contributed by atoms with E-state index in [0.717, 1.165) is 22.0 Å². The molecule has 0 bridgehead atoms. The summed E-state index contributed by atoms with van der Waals surface area (Å²) in [6, 6.07) is 36.3. The number of carbonyl (C=O) groups is 3. The van der Waals surface area contributed by atoms with Gasteiger partial charge in [0.1, 0.15) is 5.82 Å². The second kappa shape index (κ2) is 11.3. The molecular weight excluding hydrogens is 474 g/mol. The third-order valence-electron chi connectivity index (χ3n) is 6.10. The Bertz CT molecular complexity index is 1550. The second-order valence-corrected chi connectivity index (χ2v) is 8.84. The molecule has 0 fully saturated rings. The van der Waals surface area contributed by atoms with Crippen LogP contribution in [0, 0.1) is 0 Å². The monoisotopic (exact) mass is 499 g/mol. The summed E-state index contributed by atoms with van der Waals surface area (Å²) in [7, 11) is 0. The lowest BCUT2D eigenvalue weighted by molar-refractivity contribution is -0.125. The topological polar surface area (TPSA) is 79.4 Å². The number of anilines is 2. The highest BCUT2D eigenvalue weighted by molar-refractivity contribution is 6.16. The summed E-state index contributed by atoms with van der Waals surface area (Å²) in [4.78, 5) is 45.6. The van der Waals surface area contributed by atoms with Crippen molar-refractivity contribution in [2.24, 2.45) is 0 Å². The molecule has 0 unspecified atom stereocenters. The summed E-state index contributed by atoms with van der Waals surface area (Å²) in [5, 5.41) is 3.79. The minimum Gasteiger partial charge on any atom is -0.307 e. The van der Waals surface area contributed by atoms with Crippen molar-refractivity contribution in [2.75, 3.05) is 10.2 Å². The molecule has 4 aromatic carbocycles. The van der Waals surface area contributed by atoms with Gasteiger partial charge in [0.15, 0.2) is 0 Å². The van der Waals surface area contributed by atoms with E-state index in [2.05, 4.69) is 10.3 Å². The van der Waals surface area contributed by atoms with Crippen LogP contribution in [-0.2, 0) is 22.4 Å². The Kier molecular flexibility index (Phi) is 7.32. The molecule has 0 saturated carbocycles. The highest BCUT2D eigenvalue weighted by Gasteiger charge is 2.24. The molecule has 0 aliphatic rings. The molecule has 0 aliphatic carbocycles. The quantitative estimate of drug-likeness (QED) is 0.306. The fourth-order valence-electron chi connectivity index (χ4n) is 4.24. The van der Waals surface area contributed by atoms with Crippen molar-refractivity contribution in [1.29, 1.82) is 0 Å². The van der Waals surface area contributed by atoms with Gasteiger partial charge in [-0.2, -0.15) is 0 Å². The molecule has 6 heteroatoms. The molecule has 5 rings (SSSR count). The van der Waals surface area contributed by atoms with E-state index in [0.29, 0.717) is 17.1 Å². The Labute approximate surface area is 220 Å². The van der Waals surface area contributed by atoms with Crippen LogP contribution in [0.1, 0.15) is 21.5 Å². The summed E-state index contributed by atoms with van der Waals surface area (Å²) in [6.45, 7) is 0. The van der Waals surface area contributed by atoms with Gasteiger partial charge in [0.05, 0.1) is 24.0 Å². The van der Waals surface area contributed by atoms with Crippen LogP contribution in [0.4, 0.5) is 11.5 Å². The summed E-state index contributed by atoms with van der Waals surface area (Å²) in [5.41, 5.74) is 3.01. The number of nitrogens with zero attached hydrogens (tertiary/aromatic N) is 2. The van der Waals surface area contributed by atoms with Gasteiger partial charge in [-0.3, -0.25) is 14.4 Å². The first-order valence-corrected chi connectivity index (χ1v) is 12.3. The van der Waals surface area contributed by atoms with Crippen molar-refractivity contribution in [1.82, 2.24) is 4.98 Å². The number of benzene rings is 4.